The Hall–Kier alpha value is -9.92. The molecule has 12 rings (SSSR count). The van der Waals surface area contributed by atoms with E-state index in [1.165, 1.54) is 28.1 Å². The summed E-state index contributed by atoms with van der Waals surface area (Å²) in [7, 11) is -1.40. The van der Waals surface area contributed by atoms with Crippen LogP contribution in [0.2, 0.25) is 0 Å². The lowest BCUT2D eigenvalue weighted by atomic mass is 9.39. The molecule has 2 unspecified atom stereocenters. The molecule has 4 heterocycles. The Morgan fingerprint density at radius 1 is 0.557 bits per heavy atom. The Bertz CT molecular complexity index is 5430. The van der Waals surface area contributed by atoms with Gasteiger partial charge in [-0.15, -0.1) is 0 Å². The number of aromatic carboxylic acids is 1. The van der Waals surface area contributed by atoms with Crippen LogP contribution in [0.5, 0.6) is 0 Å². The number of hydrogen-bond acceptors (Lipinski definition) is 33. The fraction of sp³-hybridized carbons (Fsp3) is 0.613. The number of rotatable bonds is 78. The molecular formula is C106H151N11O30S2. The summed E-state index contributed by atoms with van der Waals surface area (Å²) in [5, 5.41) is 23.4. The lowest BCUT2D eigenvalue weighted by molar-refractivity contribution is -0.248. The average Bonchev–Trinajstić information content (AvgIpc) is 1.14. The highest BCUT2D eigenvalue weighted by Crippen LogP contribution is 2.72. The van der Waals surface area contributed by atoms with Gasteiger partial charge in [-0.2, -0.15) is 13.5 Å². The number of hydrogen-bond donors (Lipinski definition) is 5. The van der Waals surface area contributed by atoms with Crippen LogP contribution >= 0.6 is 11.3 Å². The van der Waals surface area contributed by atoms with Gasteiger partial charge in [0.15, 0.2) is 10.8 Å². The molecule has 5 aliphatic rings. The molecule has 3 aromatic heterocycles. The Morgan fingerprint density at radius 2 is 1.08 bits per heavy atom. The first kappa shape index (κ1) is 119. The Morgan fingerprint density at radius 3 is 1.59 bits per heavy atom. The van der Waals surface area contributed by atoms with Crippen molar-refractivity contribution in [2.45, 2.75) is 137 Å². The predicted octanol–water partition coefficient (Wildman–Crippen LogP) is 10.1. The van der Waals surface area contributed by atoms with Gasteiger partial charge in [-0.3, -0.25) is 53.1 Å². The summed E-state index contributed by atoms with van der Waals surface area (Å²) in [6, 6.07) is 24.4. The van der Waals surface area contributed by atoms with E-state index in [4.69, 9.17) is 101 Å². The first-order valence-corrected chi connectivity index (χ1v) is 53.7. The first-order valence-electron chi connectivity index (χ1n) is 51.2. The number of carboxylic acid groups (broad SMARTS) is 1. The molecule has 4 atom stereocenters. The van der Waals surface area contributed by atoms with Crippen LogP contribution in [0, 0.1) is 29.1 Å². The van der Waals surface area contributed by atoms with Crippen molar-refractivity contribution < 1.29 is 142 Å². The van der Waals surface area contributed by atoms with E-state index in [0.717, 1.165) is 57.6 Å². The minimum Gasteiger partial charge on any atom is -0.476 e. The van der Waals surface area contributed by atoms with E-state index in [-0.39, 0.29) is 53.3 Å². The number of pyridine rings is 1. The van der Waals surface area contributed by atoms with E-state index in [9.17, 15) is 51.6 Å². The molecular weight excluding hydrogens is 1970 g/mol. The van der Waals surface area contributed by atoms with Crippen LogP contribution in [0.15, 0.2) is 109 Å². The van der Waals surface area contributed by atoms with Crippen LogP contribution < -0.4 is 21.3 Å². The molecule has 4 aliphatic carbocycles. The Labute approximate surface area is 876 Å². The van der Waals surface area contributed by atoms with E-state index in [1.54, 1.807) is 70.7 Å². The largest absolute Gasteiger partial charge is 0.476 e. The van der Waals surface area contributed by atoms with Gasteiger partial charge in [0.1, 0.15) is 25.2 Å². The SMILES string of the molecule is COCCOCCOCCOCCOCCOCCOCCOCCCN(CCCOCCOCCOCCOCCOCCOCCOCCOC)CCCc1cc(N(C(=O)[C@@H](NC(=O)CN2C(=O)C=CC2=O)C(C)C)[C@@H](C)C(N)=O)ccc1COC(=O)N(CCOC12CC3(C)CC(C)(CC(Cn4ncc(-c5ccc(-c6ccc7cccc(C(=O)Nc8nc9ccccc9s8)c7c6)nc5C(=O)O)c4C)(C3)C1)C2)CCS(=O)(=O)O. The van der Waals surface area contributed by atoms with Crippen LogP contribution in [0.1, 0.15) is 130 Å². The van der Waals surface area contributed by atoms with E-state index >= 15 is 4.79 Å². The smallest absolute Gasteiger partial charge is 0.410 e. The van der Waals surface area contributed by atoms with Crippen molar-refractivity contribution in [1.29, 1.82) is 0 Å². The molecule has 0 spiro atoms. The standard InChI is InChI=1S/C106H151N11O30S2/c1-77(2)95(111-92(118)68-115-93(119)26-27-94(115)120)99(123)117(79(4)97(107)121)84-23-22-83(81(65-84)16-12-28-113(29-13-33-132-40-42-136-48-50-140-56-58-144-62-60-142-54-52-138-46-44-134-38-36-130-7)30-14-34-133-41-43-137-49-51-141-57-59-145-63-61-143-55-53-139-47-45-135-39-37-131-8)69-146-102(126)114(32-64-149(127,128)129)31-35-147-106-73-103(5)70-104(6,74-106)72-105(71-103,75-106)76-116-78(3)88(67-108-116)85-24-25-89(109-96(85)100(124)125)82-21-20-80-15-11-17-86(87(80)66-82)98(122)112-101-110-90-18-9-10-19-91(90)148-101/h9-11,15,17-27,65-67,77,79,95H,12-14,16,28-64,68-76H2,1-8H3,(H2,107,121)(H,111,118)(H,124,125)(H,110,112,122)(H,127,128,129)/t79-,95-,103?,104?,105?,106?/m0/s1. The van der Waals surface area contributed by atoms with Crippen molar-refractivity contribution in [1.82, 2.24) is 39.8 Å². The van der Waals surface area contributed by atoms with Crippen molar-refractivity contribution >= 4 is 101 Å². The van der Waals surface area contributed by atoms with Crippen LogP contribution in [-0.2, 0) is 139 Å². The number of carbonyl (C=O) groups is 8. The van der Waals surface area contributed by atoms with E-state index in [1.807, 2.05) is 66.2 Å². The molecule has 4 aromatic carbocycles. The maximum absolute atomic E-state index is 15.2. The van der Waals surface area contributed by atoms with Gasteiger partial charge >= 0.3 is 12.1 Å². The summed E-state index contributed by atoms with van der Waals surface area (Å²) in [5.74, 6) is -6.88. The molecule has 822 valence electrons. The molecule has 41 nitrogen and oxygen atoms in total. The average molecular weight is 2120 g/mol. The number of amides is 7. The summed E-state index contributed by atoms with van der Waals surface area (Å²) in [5.41, 5.74) is 9.55. The maximum Gasteiger partial charge on any atom is 0.410 e. The number of carboxylic acids is 1. The number of thiazole rings is 1. The van der Waals surface area contributed by atoms with E-state index in [0.29, 0.717) is 319 Å². The van der Waals surface area contributed by atoms with Gasteiger partial charge in [0, 0.05) is 106 Å². The first-order chi connectivity index (χ1) is 71.9. The normalized spacial score (nSPS) is 17.9. The topological polar surface area (TPSA) is 484 Å². The molecule has 149 heavy (non-hydrogen) atoms. The molecule has 4 fully saturated rings. The second-order valence-corrected chi connectivity index (χ2v) is 41.4. The third-order valence-electron chi connectivity index (χ3n) is 26.3. The van der Waals surface area contributed by atoms with Gasteiger partial charge in [-0.1, -0.05) is 81.5 Å². The Kier molecular flexibility index (Phi) is 49.4. The van der Waals surface area contributed by atoms with Gasteiger partial charge in [0.05, 0.1) is 225 Å². The number of nitrogens with zero attached hydrogens (tertiary/aromatic N) is 8. The number of aryl methyl sites for hydroxylation is 1. The number of imide groups is 1. The van der Waals surface area contributed by atoms with Crippen molar-refractivity contribution in [2.24, 2.45) is 27.9 Å². The van der Waals surface area contributed by atoms with Gasteiger partial charge in [-0.05, 0) is 177 Å². The van der Waals surface area contributed by atoms with Crippen LogP contribution in [0.25, 0.3) is 43.4 Å². The number of carbonyl (C=O) groups excluding carboxylic acids is 7. The third-order valence-corrected chi connectivity index (χ3v) is 27.9. The lowest BCUT2D eigenvalue weighted by Crippen LogP contribution is -2.64. The minimum atomic E-state index is -4.65. The summed E-state index contributed by atoms with van der Waals surface area (Å²) in [4.78, 5) is 125. The van der Waals surface area contributed by atoms with Crippen molar-refractivity contribution in [3.05, 3.63) is 137 Å². The van der Waals surface area contributed by atoms with Gasteiger partial charge < -0.3 is 111 Å². The highest BCUT2D eigenvalue weighted by Gasteiger charge is 2.66. The highest BCUT2D eigenvalue weighted by molar-refractivity contribution is 7.85. The van der Waals surface area contributed by atoms with E-state index in [2.05, 4.69) is 34.4 Å². The maximum atomic E-state index is 15.2. The molecule has 0 saturated heterocycles. The molecule has 4 saturated carbocycles. The predicted molar refractivity (Wildman–Crippen MR) is 555 cm³/mol. The zero-order valence-electron chi connectivity index (χ0n) is 87.3. The number of aromatic nitrogens is 4. The minimum absolute atomic E-state index is 0.0464. The number of nitrogens with one attached hydrogen (secondary N) is 2. The summed E-state index contributed by atoms with van der Waals surface area (Å²) < 4.78 is 141. The van der Waals surface area contributed by atoms with Gasteiger partial charge in [0.2, 0.25) is 11.8 Å². The number of benzene rings is 4. The van der Waals surface area contributed by atoms with Gasteiger partial charge in [0.25, 0.3) is 33.7 Å². The van der Waals surface area contributed by atoms with Crippen molar-refractivity contribution in [3.63, 3.8) is 0 Å². The summed E-state index contributed by atoms with van der Waals surface area (Å²) in [6.07, 6.45) is 9.55. The fourth-order valence-corrected chi connectivity index (χ4v) is 21.6. The molecule has 1 aliphatic heterocycles. The number of fused-ring (bicyclic) bond motifs is 2. The third kappa shape index (κ3) is 38.7. The molecule has 7 aromatic rings. The second-order valence-electron chi connectivity index (χ2n) is 38.8. The zero-order valence-corrected chi connectivity index (χ0v) is 88.9. The van der Waals surface area contributed by atoms with E-state index < -0.39 is 94.2 Å². The number of ether oxygens (including phenoxy) is 18. The van der Waals surface area contributed by atoms with Crippen molar-refractivity contribution in [3.8, 4) is 22.4 Å². The number of anilines is 2. The van der Waals surface area contributed by atoms with Crippen LogP contribution in [0.3, 0.4) is 0 Å². The highest BCUT2D eigenvalue weighted by atomic mass is 32.2. The monoisotopic (exact) mass is 2120 g/mol. The lowest BCUT2D eigenvalue weighted by Gasteiger charge is -2.69. The molecule has 4 bridgehead atoms. The Balaban J connectivity index is 0.734. The fourth-order valence-electron chi connectivity index (χ4n) is 20.3. The number of para-hydroxylation sites is 1. The van der Waals surface area contributed by atoms with Crippen LogP contribution in [-0.4, -0.2) is 382 Å². The van der Waals surface area contributed by atoms with Crippen LogP contribution in [0.4, 0.5) is 15.6 Å². The molecule has 7 amide bonds. The number of primary amides is 1. The molecule has 0 radical (unpaired) electrons. The molecule has 6 N–H and O–H groups in total. The summed E-state index contributed by atoms with van der Waals surface area (Å²) in [6.45, 7) is 24.5. The number of nitrogens with two attached hydrogens (primary N) is 1. The second kappa shape index (κ2) is 61.7. The summed E-state index contributed by atoms with van der Waals surface area (Å²) >= 11 is 1.37. The quantitative estimate of drug-likeness (QED) is 0.0134. The number of methoxy groups -OCH3 is 2. The molecule has 43 heteroatoms. The zero-order chi connectivity index (χ0) is 106. The van der Waals surface area contributed by atoms with Gasteiger partial charge in [-0.25, -0.2) is 19.6 Å². The van der Waals surface area contributed by atoms with Crippen molar-refractivity contribution in [2.75, 3.05) is 274 Å².